The standard InChI is InChI=1S/C46H35N4O.Pt/c1-46(2,3)32-27-28-40(36(29-32)30-15-6-4-7-16-30)49-41-25-12-21-35(38-23-14-22-37(47-38)31-17-8-5-9-18-31)43(41)48-45(49)50-39-24-11-10-19-33(39)34-20-13-26-42(51)44(34)50;/h4-17,19-29,51H,1-3H3;/q-1;. The Balaban J connectivity index is 0.00000387. The summed E-state index contributed by atoms with van der Waals surface area (Å²) in [5.74, 6) is 0.876. The van der Waals surface area contributed by atoms with Crippen LogP contribution in [-0.4, -0.2) is 24.2 Å². The van der Waals surface area contributed by atoms with Crippen LogP contribution in [0.25, 0.3) is 78.1 Å². The van der Waals surface area contributed by atoms with E-state index in [2.05, 4.69) is 121 Å². The third kappa shape index (κ3) is 5.53. The molecule has 9 rings (SSSR count). The van der Waals surface area contributed by atoms with E-state index < -0.39 is 0 Å². The maximum absolute atomic E-state index is 11.5. The van der Waals surface area contributed by atoms with E-state index >= 15 is 0 Å². The van der Waals surface area contributed by atoms with Crippen molar-refractivity contribution in [2.75, 3.05) is 0 Å². The Labute approximate surface area is 317 Å². The van der Waals surface area contributed by atoms with Gasteiger partial charge in [0, 0.05) is 43.0 Å². The second-order valence-corrected chi connectivity index (χ2v) is 14.0. The Hall–Kier alpha value is -5.77. The van der Waals surface area contributed by atoms with Crippen LogP contribution in [0.5, 0.6) is 5.75 Å². The number of hydrogen-bond acceptors (Lipinski definition) is 3. The molecule has 0 fully saturated rings. The summed E-state index contributed by atoms with van der Waals surface area (Å²) in [6.07, 6.45) is 0. The van der Waals surface area contributed by atoms with Crippen LogP contribution in [0.1, 0.15) is 26.3 Å². The minimum Gasteiger partial charge on any atom is -0.506 e. The fraction of sp³-hybridized carbons (Fsp3) is 0.0870. The summed E-state index contributed by atoms with van der Waals surface area (Å²) in [5, 5.41) is 13.5. The van der Waals surface area contributed by atoms with E-state index in [9.17, 15) is 5.11 Å². The normalized spacial score (nSPS) is 11.7. The van der Waals surface area contributed by atoms with Gasteiger partial charge in [0.2, 0.25) is 5.95 Å². The van der Waals surface area contributed by atoms with Gasteiger partial charge in [-0.05, 0) is 58.6 Å². The van der Waals surface area contributed by atoms with Gasteiger partial charge in [0.1, 0.15) is 11.3 Å². The van der Waals surface area contributed by atoms with Crippen molar-refractivity contribution < 1.29 is 26.2 Å². The first-order chi connectivity index (χ1) is 24.9. The summed E-state index contributed by atoms with van der Waals surface area (Å²) in [7, 11) is 0. The molecule has 0 saturated heterocycles. The fourth-order valence-corrected chi connectivity index (χ4v) is 7.22. The monoisotopic (exact) mass is 854 g/mol. The molecule has 0 bridgehead atoms. The molecule has 52 heavy (non-hydrogen) atoms. The molecule has 0 amide bonds. The van der Waals surface area contributed by atoms with Gasteiger partial charge in [-0.2, -0.15) is 0 Å². The van der Waals surface area contributed by atoms with Gasteiger partial charge in [0.15, 0.2) is 0 Å². The van der Waals surface area contributed by atoms with Gasteiger partial charge in [-0.3, -0.25) is 14.1 Å². The number of hydrogen-bond donors (Lipinski definition) is 1. The van der Waals surface area contributed by atoms with E-state index in [4.69, 9.17) is 9.97 Å². The number of imidazole rings is 1. The minimum atomic E-state index is -0.0550. The summed E-state index contributed by atoms with van der Waals surface area (Å²) in [6.45, 7) is 6.74. The molecule has 6 aromatic carbocycles. The fourth-order valence-electron chi connectivity index (χ4n) is 7.22. The zero-order valence-corrected chi connectivity index (χ0v) is 31.3. The molecular formula is C46H35N4OPt-. The van der Waals surface area contributed by atoms with Crippen LogP contribution < -0.4 is 0 Å². The number of phenolic OH excluding ortho intramolecular Hbond substituents is 1. The van der Waals surface area contributed by atoms with Crippen molar-refractivity contribution in [3.05, 3.63) is 163 Å². The molecular weight excluding hydrogens is 820 g/mol. The van der Waals surface area contributed by atoms with Crippen molar-refractivity contribution in [2.24, 2.45) is 0 Å². The molecule has 6 heteroatoms. The van der Waals surface area contributed by atoms with E-state index in [0.29, 0.717) is 11.5 Å². The summed E-state index contributed by atoms with van der Waals surface area (Å²) >= 11 is 0. The molecule has 3 aromatic heterocycles. The maximum Gasteiger partial charge on any atom is 0.220 e. The second kappa shape index (κ2) is 13.1. The van der Waals surface area contributed by atoms with Gasteiger partial charge in [-0.15, -0.1) is 35.9 Å². The third-order valence-electron chi connectivity index (χ3n) is 9.74. The van der Waals surface area contributed by atoms with Crippen molar-refractivity contribution >= 4 is 32.8 Å². The van der Waals surface area contributed by atoms with Crippen molar-refractivity contribution in [3.63, 3.8) is 0 Å². The molecule has 256 valence electrons. The van der Waals surface area contributed by atoms with Crippen LogP contribution in [0, 0.1) is 6.07 Å². The zero-order valence-electron chi connectivity index (χ0n) is 29.0. The average molecular weight is 855 g/mol. The van der Waals surface area contributed by atoms with Crippen molar-refractivity contribution in [3.8, 4) is 51.0 Å². The third-order valence-corrected chi connectivity index (χ3v) is 9.74. The summed E-state index contributed by atoms with van der Waals surface area (Å²) < 4.78 is 4.36. The summed E-state index contributed by atoms with van der Waals surface area (Å²) in [5.41, 5.74) is 11.3. The molecule has 0 spiro atoms. The second-order valence-electron chi connectivity index (χ2n) is 14.0. The van der Waals surface area contributed by atoms with Gasteiger partial charge in [-0.1, -0.05) is 112 Å². The van der Waals surface area contributed by atoms with Crippen LogP contribution in [-0.2, 0) is 26.5 Å². The first kappa shape index (κ1) is 33.4. The van der Waals surface area contributed by atoms with Gasteiger partial charge in [0.25, 0.3) is 0 Å². The Bertz CT molecular complexity index is 2740. The molecule has 0 unspecified atom stereocenters. The first-order valence-electron chi connectivity index (χ1n) is 17.2. The van der Waals surface area contributed by atoms with Gasteiger partial charge in [-0.25, -0.2) is 4.98 Å². The predicted molar refractivity (Wildman–Crippen MR) is 209 cm³/mol. The molecule has 3 heterocycles. The van der Waals surface area contributed by atoms with Gasteiger partial charge >= 0.3 is 0 Å². The number of phenols is 1. The number of aromatic nitrogens is 4. The number of pyridine rings is 1. The number of aromatic hydroxyl groups is 1. The Morgan fingerprint density at radius 2 is 1.31 bits per heavy atom. The molecule has 0 atom stereocenters. The smallest absolute Gasteiger partial charge is 0.220 e. The summed E-state index contributed by atoms with van der Waals surface area (Å²) in [4.78, 5) is 10.7. The Kier molecular flexibility index (Phi) is 8.40. The molecule has 5 nitrogen and oxygen atoms in total. The Morgan fingerprint density at radius 1 is 0.596 bits per heavy atom. The molecule has 0 aliphatic carbocycles. The molecule has 0 aliphatic rings. The summed E-state index contributed by atoms with van der Waals surface area (Å²) in [6, 6.07) is 54.9. The topological polar surface area (TPSA) is 55.9 Å². The SMILES string of the molecule is CC(C)(C)c1ccc(-n2c(-n3c4ccccc4c4cccc(O)c43)nc3c(-c4cccc(-c5[c-]cccc5)n4)cccc32)c(-c2ccccc2)c1.[Pt]. The first-order valence-corrected chi connectivity index (χ1v) is 17.2. The van der Waals surface area contributed by atoms with Crippen molar-refractivity contribution in [2.45, 2.75) is 26.2 Å². The maximum atomic E-state index is 11.5. The van der Waals surface area contributed by atoms with Crippen molar-refractivity contribution in [1.82, 2.24) is 19.1 Å². The van der Waals surface area contributed by atoms with E-state index in [0.717, 1.165) is 66.7 Å². The average Bonchev–Trinajstić information content (AvgIpc) is 3.71. The van der Waals surface area contributed by atoms with Gasteiger partial charge in [0.05, 0.1) is 27.9 Å². The number of rotatable bonds is 5. The molecule has 0 saturated carbocycles. The Morgan fingerprint density at radius 3 is 2.12 bits per heavy atom. The zero-order chi connectivity index (χ0) is 34.7. The molecule has 1 N–H and O–H groups in total. The van der Waals surface area contributed by atoms with E-state index in [1.54, 1.807) is 6.07 Å². The van der Waals surface area contributed by atoms with Gasteiger partial charge < -0.3 is 5.11 Å². The van der Waals surface area contributed by atoms with Crippen LogP contribution in [0.2, 0.25) is 0 Å². The number of nitrogens with zero attached hydrogens (tertiary/aromatic N) is 4. The quantitative estimate of drug-likeness (QED) is 0.176. The van der Waals surface area contributed by atoms with E-state index in [1.807, 2.05) is 60.7 Å². The van der Waals surface area contributed by atoms with E-state index in [-0.39, 0.29) is 32.2 Å². The predicted octanol–water partition coefficient (Wildman–Crippen LogP) is 11.3. The number of fused-ring (bicyclic) bond motifs is 4. The molecule has 0 radical (unpaired) electrons. The van der Waals surface area contributed by atoms with Crippen LogP contribution >= 0.6 is 0 Å². The number of para-hydroxylation sites is 3. The number of benzene rings is 6. The van der Waals surface area contributed by atoms with Crippen LogP contribution in [0.15, 0.2) is 152 Å². The van der Waals surface area contributed by atoms with E-state index in [1.165, 1.54) is 5.56 Å². The van der Waals surface area contributed by atoms with Crippen LogP contribution in [0.3, 0.4) is 0 Å². The molecule has 9 aromatic rings. The largest absolute Gasteiger partial charge is 0.506 e. The molecule has 0 aliphatic heterocycles. The minimum absolute atomic E-state index is 0. The van der Waals surface area contributed by atoms with Crippen LogP contribution in [0.4, 0.5) is 0 Å². The van der Waals surface area contributed by atoms with Crippen molar-refractivity contribution in [1.29, 1.82) is 0 Å².